The van der Waals surface area contributed by atoms with Gasteiger partial charge in [-0.15, -0.1) is 0 Å². The maximum atomic E-state index is 10.7. The molecule has 0 spiro atoms. The van der Waals surface area contributed by atoms with Crippen molar-refractivity contribution >= 4 is 5.97 Å². The highest BCUT2D eigenvalue weighted by molar-refractivity contribution is 5.74. The van der Waals surface area contributed by atoms with E-state index in [4.69, 9.17) is 5.11 Å². The van der Waals surface area contributed by atoms with Gasteiger partial charge in [0.1, 0.15) is 6.04 Å². The molecular weight excluding hydrogens is 170 g/mol. The molecule has 0 aromatic rings. The Morgan fingerprint density at radius 3 is 2.85 bits per heavy atom. The highest BCUT2D eigenvalue weighted by Crippen LogP contribution is 2.22. The number of β-amino-alcohol motifs (C(OH)–C–C–N with tert-alkyl or cyclic N) is 1. The zero-order chi connectivity index (χ0) is 9.84. The van der Waals surface area contributed by atoms with E-state index in [0.29, 0.717) is 6.54 Å². The van der Waals surface area contributed by atoms with Gasteiger partial charge >= 0.3 is 5.97 Å². The van der Waals surface area contributed by atoms with Crippen LogP contribution in [0.15, 0.2) is 0 Å². The predicted octanol–water partition coefficient (Wildman–Crippen LogP) is 0.210. The lowest BCUT2D eigenvalue weighted by molar-refractivity contribution is -0.140. The monoisotopic (exact) mass is 187 g/mol. The molecule has 0 aromatic carbocycles. The summed E-state index contributed by atoms with van der Waals surface area (Å²) in [6.45, 7) is 2.47. The fourth-order valence-electron chi connectivity index (χ4n) is 1.84. The van der Waals surface area contributed by atoms with Crippen molar-refractivity contribution in [2.75, 3.05) is 6.54 Å². The van der Waals surface area contributed by atoms with Crippen molar-refractivity contribution in [3.63, 3.8) is 0 Å². The first-order valence-electron chi connectivity index (χ1n) is 4.81. The average molecular weight is 187 g/mol. The number of unbranched alkanes of at least 4 members (excludes halogenated alkanes) is 1. The summed E-state index contributed by atoms with van der Waals surface area (Å²) in [6, 6.07) is -0.554. The van der Waals surface area contributed by atoms with E-state index in [1.165, 1.54) is 0 Å². The Kier molecular flexibility index (Phi) is 3.69. The van der Waals surface area contributed by atoms with Gasteiger partial charge in [-0.3, -0.25) is 4.79 Å². The average Bonchev–Trinajstić information content (AvgIpc) is 2.43. The lowest BCUT2D eigenvalue weighted by atomic mass is 9.92. The number of aliphatic hydroxyl groups excluding tert-OH is 1. The highest BCUT2D eigenvalue weighted by atomic mass is 16.4. The van der Waals surface area contributed by atoms with Gasteiger partial charge in [0.25, 0.3) is 0 Å². The molecule has 4 nitrogen and oxygen atoms in total. The lowest BCUT2D eigenvalue weighted by Gasteiger charge is -2.17. The summed E-state index contributed by atoms with van der Waals surface area (Å²) in [7, 11) is 0. The Labute approximate surface area is 78.0 Å². The second-order valence-corrected chi connectivity index (χ2v) is 3.60. The van der Waals surface area contributed by atoms with Crippen molar-refractivity contribution in [2.24, 2.45) is 5.92 Å². The molecule has 0 saturated carbocycles. The summed E-state index contributed by atoms with van der Waals surface area (Å²) in [5, 5.41) is 21.2. The number of aliphatic hydroxyl groups is 1. The zero-order valence-corrected chi connectivity index (χ0v) is 7.86. The minimum Gasteiger partial charge on any atom is -0.480 e. The standard InChI is InChI=1S/C9H17NO3/c1-2-3-4-6-7(11)5-10-8(6)9(12)13/h6-8,10-11H,2-5H2,1H3,(H,12,13)/t6-,7+,8-/m0/s1. The predicted molar refractivity (Wildman–Crippen MR) is 48.4 cm³/mol. The highest BCUT2D eigenvalue weighted by Gasteiger charge is 2.38. The first-order chi connectivity index (χ1) is 6.16. The third-order valence-corrected chi connectivity index (χ3v) is 2.63. The van der Waals surface area contributed by atoms with Crippen LogP contribution in [0.25, 0.3) is 0 Å². The molecular formula is C9H17NO3. The van der Waals surface area contributed by atoms with E-state index in [1.54, 1.807) is 0 Å². The van der Waals surface area contributed by atoms with Gasteiger partial charge in [0, 0.05) is 12.5 Å². The van der Waals surface area contributed by atoms with Crippen LogP contribution in [-0.4, -0.2) is 34.9 Å². The van der Waals surface area contributed by atoms with Crippen molar-refractivity contribution < 1.29 is 15.0 Å². The number of aliphatic carboxylic acids is 1. The summed E-state index contributed by atoms with van der Waals surface area (Å²) in [5.41, 5.74) is 0. The molecule has 13 heavy (non-hydrogen) atoms. The molecule has 0 radical (unpaired) electrons. The Morgan fingerprint density at radius 1 is 1.62 bits per heavy atom. The van der Waals surface area contributed by atoms with Gasteiger partial charge in [-0.25, -0.2) is 0 Å². The first kappa shape index (κ1) is 10.5. The number of carboxylic acid groups (broad SMARTS) is 1. The molecule has 0 unspecified atom stereocenters. The first-order valence-corrected chi connectivity index (χ1v) is 4.81. The SMILES string of the molecule is CCCC[C@H]1[C@H](O)CN[C@@H]1C(=O)O. The van der Waals surface area contributed by atoms with Gasteiger partial charge in [-0.1, -0.05) is 19.8 Å². The van der Waals surface area contributed by atoms with Crippen LogP contribution in [-0.2, 0) is 4.79 Å². The molecule has 0 aromatic heterocycles. The Bertz CT molecular complexity index is 184. The van der Waals surface area contributed by atoms with Crippen LogP contribution in [0, 0.1) is 5.92 Å². The number of carbonyl (C=O) groups is 1. The molecule has 1 aliphatic heterocycles. The van der Waals surface area contributed by atoms with Crippen molar-refractivity contribution in [2.45, 2.75) is 38.3 Å². The van der Waals surface area contributed by atoms with Crippen LogP contribution in [0.3, 0.4) is 0 Å². The van der Waals surface area contributed by atoms with Crippen molar-refractivity contribution in [3.05, 3.63) is 0 Å². The van der Waals surface area contributed by atoms with Crippen LogP contribution in [0.5, 0.6) is 0 Å². The number of hydrogen-bond donors (Lipinski definition) is 3. The van der Waals surface area contributed by atoms with E-state index in [9.17, 15) is 9.90 Å². The van der Waals surface area contributed by atoms with Gasteiger partial charge in [-0.05, 0) is 6.42 Å². The Balaban J connectivity index is 2.50. The van der Waals surface area contributed by atoms with Crippen molar-refractivity contribution in [1.29, 1.82) is 0 Å². The molecule has 1 rings (SSSR count). The second-order valence-electron chi connectivity index (χ2n) is 3.60. The molecule has 1 fully saturated rings. The topological polar surface area (TPSA) is 69.6 Å². The molecule has 0 amide bonds. The quantitative estimate of drug-likeness (QED) is 0.588. The maximum absolute atomic E-state index is 10.7. The van der Waals surface area contributed by atoms with Crippen molar-refractivity contribution in [1.82, 2.24) is 5.32 Å². The molecule has 3 N–H and O–H groups in total. The van der Waals surface area contributed by atoms with Gasteiger partial charge in [0.2, 0.25) is 0 Å². The zero-order valence-electron chi connectivity index (χ0n) is 7.86. The minimum absolute atomic E-state index is 0.113. The van der Waals surface area contributed by atoms with E-state index in [0.717, 1.165) is 19.3 Å². The maximum Gasteiger partial charge on any atom is 0.321 e. The molecule has 4 heteroatoms. The van der Waals surface area contributed by atoms with E-state index >= 15 is 0 Å². The van der Waals surface area contributed by atoms with Gasteiger partial charge in [0.15, 0.2) is 0 Å². The Morgan fingerprint density at radius 2 is 2.31 bits per heavy atom. The normalized spacial score (nSPS) is 33.5. The van der Waals surface area contributed by atoms with Crippen LogP contribution < -0.4 is 5.32 Å². The Hall–Kier alpha value is -0.610. The van der Waals surface area contributed by atoms with E-state index in [-0.39, 0.29) is 5.92 Å². The smallest absolute Gasteiger partial charge is 0.321 e. The van der Waals surface area contributed by atoms with E-state index < -0.39 is 18.1 Å². The summed E-state index contributed by atoms with van der Waals surface area (Å²) < 4.78 is 0. The molecule has 3 atom stereocenters. The van der Waals surface area contributed by atoms with Gasteiger partial charge < -0.3 is 15.5 Å². The summed E-state index contributed by atoms with van der Waals surface area (Å²) >= 11 is 0. The molecule has 1 saturated heterocycles. The molecule has 76 valence electrons. The third-order valence-electron chi connectivity index (χ3n) is 2.63. The second kappa shape index (κ2) is 4.58. The van der Waals surface area contributed by atoms with Crippen LogP contribution in [0.4, 0.5) is 0 Å². The summed E-state index contributed by atoms with van der Waals surface area (Å²) in [4.78, 5) is 10.7. The molecule has 1 aliphatic rings. The largest absolute Gasteiger partial charge is 0.480 e. The molecule has 0 bridgehead atoms. The number of hydrogen-bond acceptors (Lipinski definition) is 3. The lowest BCUT2D eigenvalue weighted by Crippen LogP contribution is -2.36. The van der Waals surface area contributed by atoms with E-state index in [1.807, 2.05) is 0 Å². The number of nitrogens with one attached hydrogen (secondary N) is 1. The summed E-state index contributed by atoms with van der Waals surface area (Å²) in [6.07, 6.45) is 2.32. The number of rotatable bonds is 4. The number of carboxylic acids is 1. The molecule has 0 aliphatic carbocycles. The van der Waals surface area contributed by atoms with Crippen LogP contribution in [0.1, 0.15) is 26.2 Å². The van der Waals surface area contributed by atoms with Crippen LogP contribution >= 0.6 is 0 Å². The third kappa shape index (κ3) is 2.42. The van der Waals surface area contributed by atoms with E-state index in [2.05, 4.69) is 12.2 Å². The molecule has 1 heterocycles. The fourth-order valence-corrected chi connectivity index (χ4v) is 1.84. The van der Waals surface area contributed by atoms with Gasteiger partial charge in [0.05, 0.1) is 6.10 Å². The fraction of sp³-hybridized carbons (Fsp3) is 0.889. The van der Waals surface area contributed by atoms with Gasteiger partial charge in [-0.2, -0.15) is 0 Å². The van der Waals surface area contributed by atoms with Crippen molar-refractivity contribution in [3.8, 4) is 0 Å². The minimum atomic E-state index is -0.849. The summed E-state index contributed by atoms with van der Waals surface area (Å²) in [5.74, 6) is -0.963. The van der Waals surface area contributed by atoms with Crippen LogP contribution in [0.2, 0.25) is 0 Å².